The summed E-state index contributed by atoms with van der Waals surface area (Å²) in [6.07, 6.45) is 5.92. The Labute approximate surface area is 138 Å². The molecule has 0 fully saturated rings. The third-order valence-corrected chi connectivity index (χ3v) is 5.59. The molecule has 1 N–H and O–H groups in total. The van der Waals surface area contributed by atoms with Crippen LogP contribution < -0.4 is 0 Å². The summed E-state index contributed by atoms with van der Waals surface area (Å²) in [6.45, 7) is 20.7. The van der Waals surface area contributed by atoms with Crippen molar-refractivity contribution in [1.82, 2.24) is 9.97 Å². The fourth-order valence-corrected chi connectivity index (χ4v) is 2.75. The fourth-order valence-electron chi connectivity index (χ4n) is 2.75. The number of nitrogens with zero attached hydrogens (tertiary/aromatic N) is 1. The molecule has 1 aromatic rings. The van der Waals surface area contributed by atoms with E-state index in [-0.39, 0.29) is 16.2 Å². The second kappa shape index (κ2) is 6.76. The first kappa shape index (κ1) is 19.3. The first-order chi connectivity index (χ1) is 10.0. The molecule has 2 nitrogen and oxygen atoms in total. The normalized spacial score (nSPS) is 13.7. The number of aromatic nitrogens is 2. The van der Waals surface area contributed by atoms with E-state index in [2.05, 4.69) is 67.3 Å². The van der Waals surface area contributed by atoms with Crippen LogP contribution >= 0.6 is 0 Å². The van der Waals surface area contributed by atoms with Gasteiger partial charge in [-0.3, -0.25) is 0 Å². The molecule has 0 aromatic carbocycles. The van der Waals surface area contributed by atoms with Crippen LogP contribution in [-0.4, -0.2) is 9.97 Å². The Morgan fingerprint density at radius 3 is 1.82 bits per heavy atom. The van der Waals surface area contributed by atoms with Gasteiger partial charge in [-0.2, -0.15) is 0 Å². The Balaban J connectivity index is 3.38. The monoisotopic (exact) mass is 306 g/mol. The van der Waals surface area contributed by atoms with Gasteiger partial charge in [-0.25, -0.2) is 4.98 Å². The SMILES string of the molecule is CCCCC(C)(C)c1nc(C(C)(C)CC)c(C(C)(C)CC)[nH]1. The predicted molar refractivity (Wildman–Crippen MR) is 97.8 cm³/mol. The van der Waals surface area contributed by atoms with Gasteiger partial charge in [0.15, 0.2) is 0 Å². The maximum Gasteiger partial charge on any atom is 0.112 e. The molecule has 0 amide bonds. The third-order valence-electron chi connectivity index (χ3n) is 5.59. The zero-order valence-corrected chi connectivity index (χ0v) is 16.5. The average molecular weight is 307 g/mol. The van der Waals surface area contributed by atoms with E-state index in [4.69, 9.17) is 4.98 Å². The highest BCUT2D eigenvalue weighted by Gasteiger charge is 2.35. The number of hydrogen-bond acceptors (Lipinski definition) is 1. The Morgan fingerprint density at radius 1 is 0.818 bits per heavy atom. The molecular formula is C20H38N2. The van der Waals surface area contributed by atoms with Gasteiger partial charge >= 0.3 is 0 Å². The van der Waals surface area contributed by atoms with E-state index in [0.29, 0.717) is 0 Å². The highest BCUT2D eigenvalue weighted by atomic mass is 15.0. The van der Waals surface area contributed by atoms with E-state index in [1.54, 1.807) is 0 Å². The maximum atomic E-state index is 5.14. The fraction of sp³-hybridized carbons (Fsp3) is 0.850. The van der Waals surface area contributed by atoms with Gasteiger partial charge in [-0.1, -0.05) is 75.2 Å². The number of hydrogen-bond donors (Lipinski definition) is 1. The van der Waals surface area contributed by atoms with Crippen LogP contribution in [0.5, 0.6) is 0 Å². The van der Waals surface area contributed by atoms with Crippen molar-refractivity contribution in [3.8, 4) is 0 Å². The van der Waals surface area contributed by atoms with E-state index in [9.17, 15) is 0 Å². The van der Waals surface area contributed by atoms with Gasteiger partial charge in [0, 0.05) is 21.9 Å². The van der Waals surface area contributed by atoms with E-state index < -0.39 is 0 Å². The van der Waals surface area contributed by atoms with Crippen LogP contribution in [0, 0.1) is 0 Å². The molecule has 2 heteroatoms. The molecule has 0 aliphatic rings. The summed E-state index contributed by atoms with van der Waals surface area (Å²) in [5, 5.41) is 0. The maximum absolute atomic E-state index is 5.14. The number of rotatable bonds is 8. The lowest BCUT2D eigenvalue weighted by molar-refractivity contribution is 0.429. The molecule has 0 bridgehead atoms. The van der Waals surface area contributed by atoms with Crippen molar-refractivity contribution in [2.45, 2.75) is 111 Å². The summed E-state index contributed by atoms with van der Waals surface area (Å²) in [5.74, 6) is 1.18. The first-order valence-corrected chi connectivity index (χ1v) is 9.13. The van der Waals surface area contributed by atoms with Crippen molar-refractivity contribution in [3.05, 3.63) is 17.2 Å². The van der Waals surface area contributed by atoms with E-state index >= 15 is 0 Å². The summed E-state index contributed by atoms with van der Waals surface area (Å²) in [6, 6.07) is 0. The van der Waals surface area contributed by atoms with Gasteiger partial charge in [-0.15, -0.1) is 0 Å². The quantitative estimate of drug-likeness (QED) is 0.604. The summed E-state index contributed by atoms with van der Waals surface area (Å²) in [5.41, 5.74) is 3.02. The zero-order valence-electron chi connectivity index (χ0n) is 16.5. The molecule has 128 valence electrons. The number of nitrogens with one attached hydrogen (secondary N) is 1. The van der Waals surface area contributed by atoms with Gasteiger partial charge in [0.1, 0.15) is 5.82 Å². The molecule has 0 unspecified atom stereocenters. The second-order valence-corrected chi connectivity index (χ2v) is 8.77. The van der Waals surface area contributed by atoms with Crippen molar-refractivity contribution in [2.24, 2.45) is 0 Å². The summed E-state index contributed by atoms with van der Waals surface area (Å²) in [4.78, 5) is 8.89. The highest BCUT2D eigenvalue weighted by molar-refractivity contribution is 5.31. The van der Waals surface area contributed by atoms with Crippen LogP contribution in [0.15, 0.2) is 0 Å². The van der Waals surface area contributed by atoms with Crippen LogP contribution in [0.4, 0.5) is 0 Å². The van der Waals surface area contributed by atoms with Gasteiger partial charge in [0.05, 0.1) is 5.69 Å². The Hall–Kier alpha value is -0.790. The van der Waals surface area contributed by atoms with Crippen molar-refractivity contribution in [1.29, 1.82) is 0 Å². The lowest BCUT2D eigenvalue weighted by atomic mass is 9.77. The van der Waals surface area contributed by atoms with Crippen LogP contribution in [0.3, 0.4) is 0 Å². The molecule has 0 radical (unpaired) electrons. The van der Waals surface area contributed by atoms with Crippen molar-refractivity contribution < 1.29 is 0 Å². The molecule has 0 aliphatic carbocycles. The number of H-pyrrole nitrogens is 1. The molecule has 0 saturated carbocycles. The van der Waals surface area contributed by atoms with Gasteiger partial charge in [0.2, 0.25) is 0 Å². The smallest absolute Gasteiger partial charge is 0.112 e. The van der Waals surface area contributed by atoms with Crippen LogP contribution in [0.1, 0.15) is 112 Å². The van der Waals surface area contributed by atoms with Crippen LogP contribution in [-0.2, 0) is 16.2 Å². The van der Waals surface area contributed by atoms with Crippen LogP contribution in [0.2, 0.25) is 0 Å². The second-order valence-electron chi connectivity index (χ2n) is 8.77. The van der Waals surface area contributed by atoms with Crippen molar-refractivity contribution in [2.75, 3.05) is 0 Å². The molecule has 0 spiro atoms. The van der Waals surface area contributed by atoms with Crippen molar-refractivity contribution >= 4 is 0 Å². The minimum atomic E-state index is 0.122. The van der Waals surface area contributed by atoms with Gasteiger partial charge in [0.25, 0.3) is 0 Å². The summed E-state index contributed by atoms with van der Waals surface area (Å²) < 4.78 is 0. The minimum Gasteiger partial charge on any atom is -0.345 e. The van der Waals surface area contributed by atoms with E-state index in [1.807, 2.05) is 0 Å². The lowest BCUT2D eigenvalue weighted by Gasteiger charge is -2.29. The standard InChI is InChI=1S/C20H38N2/c1-10-13-14-20(8,9)17-21-15(18(4,5)11-2)16(22-17)19(6,7)12-3/h10-14H2,1-9H3,(H,21,22). The largest absolute Gasteiger partial charge is 0.345 e. The Kier molecular flexibility index (Phi) is 5.92. The van der Waals surface area contributed by atoms with Gasteiger partial charge < -0.3 is 4.98 Å². The van der Waals surface area contributed by atoms with Gasteiger partial charge in [-0.05, 0) is 19.3 Å². The minimum absolute atomic E-state index is 0.122. The number of imidazole rings is 1. The molecule has 22 heavy (non-hydrogen) atoms. The summed E-state index contributed by atoms with van der Waals surface area (Å²) in [7, 11) is 0. The number of aromatic amines is 1. The van der Waals surface area contributed by atoms with E-state index in [1.165, 1.54) is 36.5 Å². The highest BCUT2D eigenvalue weighted by Crippen LogP contribution is 2.38. The average Bonchev–Trinajstić information content (AvgIpc) is 2.92. The predicted octanol–water partition coefficient (Wildman–Crippen LogP) is 6.25. The Morgan fingerprint density at radius 2 is 1.36 bits per heavy atom. The van der Waals surface area contributed by atoms with Crippen molar-refractivity contribution in [3.63, 3.8) is 0 Å². The topological polar surface area (TPSA) is 28.7 Å². The molecule has 1 rings (SSSR count). The molecule has 0 aliphatic heterocycles. The van der Waals surface area contributed by atoms with Crippen LogP contribution in [0.25, 0.3) is 0 Å². The Bertz CT molecular complexity index is 444. The summed E-state index contributed by atoms with van der Waals surface area (Å²) >= 11 is 0. The zero-order chi connectivity index (χ0) is 17.2. The first-order valence-electron chi connectivity index (χ1n) is 9.13. The molecule has 1 aromatic heterocycles. The third kappa shape index (κ3) is 3.94. The molecule has 0 atom stereocenters. The lowest BCUT2D eigenvalue weighted by Crippen LogP contribution is -2.25. The molecule has 1 heterocycles. The number of unbranched alkanes of at least 4 members (excludes halogenated alkanes) is 1. The molecule has 0 saturated heterocycles. The molecular weight excluding hydrogens is 268 g/mol. The van der Waals surface area contributed by atoms with E-state index in [0.717, 1.165) is 12.8 Å².